The molecule has 84 valence electrons. The maximum atomic E-state index is 5.69. The van der Waals surface area contributed by atoms with E-state index in [1.807, 2.05) is 18.4 Å². The second-order valence-electron chi connectivity index (χ2n) is 4.14. The van der Waals surface area contributed by atoms with E-state index in [1.165, 1.54) is 23.3 Å². The summed E-state index contributed by atoms with van der Waals surface area (Å²) in [6, 6.07) is 2.69. The van der Waals surface area contributed by atoms with Crippen molar-refractivity contribution in [1.29, 1.82) is 0 Å². The summed E-state index contributed by atoms with van der Waals surface area (Å²) < 4.78 is 5.69. The molecule has 1 aromatic rings. The Kier molecular flexibility index (Phi) is 3.78. The van der Waals surface area contributed by atoms with Crippen molar-refractivity contribution < 1.29 is 4.74 Å². The molecule has 15 heavy (non-hydrogen) atoms. The molecular formula is C12H19NOS. The SMILES string of the molecule is CNC(CC1CCCO1)c1ccsc1C. The van der Waals surface area contributed by atoms with Crippen LogP contribution >= 0.6 is 11.3 Å². The van der Waals surface area contributed by atoms with E-state index in [-0.39, 0.29) is 0 Å². The van der Waals surface area contributed by atoms with Crippen molar-refractivity contribution in [1.82, 2.24) is 5.32 Å². The van der Waals surface area contributed by atoms with Crippen molar-refractivity contribution in [2.24, 2.45) is 0 Å². The van der Waals surface area contributed by atoms with Crippen LogP contribution in [-0.4, -0.2) is 19.8 Å². The second kappa shape index (κ2) is 5.10. The van der Waals surface area contributed by atoms with Crippen LogP contribution in [0.4, 0.5) is 0 Å². The molecule has 2 heterocycles. The average Bonchev–Trinajstić information content (AvgIpc) is 2.85. The molecule has 1 aliphatic rings. The van der Waals surface area contributed by atoms with E-state index in [2.05, 4.69) is 23.7 Å². The number of ether oxygens (including phenoxy) is 1. The van der Waals surface area contributed by atoms with E-state index in [9.17, 15) is 0 Å². The molecule has 1 fully saturated rings. The fraction of sp³-hybridized carbons (Fsp3) is 0.667. The predicted molar refractivity (Wildman–Crippen MR) is 64.4 cm³/mol. The minimum absolute atomic E-state index is 0.458. The van der Waals surface area contributed by atoms with Gasteiger partial charge in [0.15, 0.2) is 0 Å². The molecule has 0 aliphatic carbocycles. The van der Waals surface area contributed by atoms with Gasteiger partial charge in [-0.1, -0.05) is 0 Å². The summed E-state index contributed by atoms with van der Waals surface area (Å²) in [6.45, 7) is 3.14. The van der Waals surface area contributed by atoms with Crippen LogP contribution in [0.3, 0.4) is 0 Å². The monoisotopic (exact) mass is 225 g/mol. The van der Waals surface area contributed by atoms with E-state index in [1.54, 1.807) is 0 Å². The van der Waals surface area contributed by atoms with Crippen molar-refractivity contribution in [3.63, 3.8) is 0 Å². The van der Waals surface area contributed by atoms with Crippen LogP contribution in [0.15, 0.2) is 11.4 Å². The van der Waals surface area contributed by atoms with Gasteiger partial charge in [-0.05, 0) is 50.2 Å². The van der Waals surface area contributed by atoms with E-state index in [0.717, 1.165) is 13.0 Å². The first kappa shape index (κ1) is 11.1. The zero-order chi connectivity index (χ0) is 10.7. The molecule has 0 radical (unpaired) electrons. The van der Waals surface area contributed by atoms with E-state index in [4.69, 9.17) is 4.74 Å². The molecule has 1 N–H and O–H groups in total. The van der Waals surface area contributed by atoms with E-state index < -0.39 is 0 Å². The maximum Gasteiger partial charge on any atom is 0.0594 e. The lowest BCUT2D eigenvalue weighted by Crippen LogP contribution is -2.22. The van der Waals surface area contributed by atoms with Crippen molar-refractivity contribution >= 4 is 11.3 Å². The molecule has 1 aromatic heterocycles. The van der Waals surface area contributed by atoms with Gasteiger partial charge in [0.2, 0.25) is 0 Å². The van der Waals surface area contributed by atoms with Crippen molar-refractivity contribution in [2.75, 3.05) is 13.7 Å². The summed E-state index contributed by atoms with van der Waals surface area (Å²) in [5, 5.41) is 5.57. The lowest BCUT2D eigenvalue weighted by molar-refractivity contribution is 0.0954. The third-order valence-corrected chi connectivity index (χ3v) is 4.01. The zero-order valence-corrected chi connectivity index (χ0v) is 10.3. The molecule has 0 aromatic carbocycles. The van der Waals surface area contributed by atoms with Gasteiger partial charge < -0.3 is 10.1 Å². The van der Waals surface area contributed by atoms with Crippen molar-refractivity contribution in [3.05, 3.63) is 21.9 Å². The summed E-state index contributed by atoms with van der Waals surface area (Å²) in [5.74, 6) is 0. The Morgan fingerprint density at radius 2 is 2.53 bits per heavy atom. The number of rotatable bonds is 4. The van der Waals surface area contributed by atoms with Gasteiger partial charge in [-0.2, -0.15) is 0 Å². The highest BCUT2D eigenvalue weighted by Gasteiger charge is 2.22. The lowest BCUT2D eigenvalue weighted by Gasteiger charge is -2.19. The van der Waals surface area contributed by atoms with Gasteiger partial charge in [0.1, 0.15) is 0 Å². The standard InChI is InChI=1S/C12H19NOS/c1-9-11(5-7-15-9)12(13-2)8-10-4-3-6-14-10/h5,7,10,12-13H,3-4,6,8H2,1-2H3. The number of aryl methyl sites for hydroxylation is 1. The summed E-state index contributed by atoms with van der Waals surface area (Å²) in [5.41, 5.74) is 1.44. The lowest BCUT2D eigenvalue weighted by atomic mass is 10.0. The highest BCUT2D eigenvalue weighted by Crippen LogP contribution is 2.29. The maximum absolute atomic E-state index is 5.69. The van der Waals surface area contributed by atoms with Crippen LogP contribution in [0.1, 0.15) is 35.7 Å². The molecule has 0 saturated carbocycles. The molecule has 0 bridgehead atoms. The van der Waals surface area contributed by atoms with Crippen molar-refractivity contribution in [3.8, 4) is 0 Å². The van der Waals surface area contributed by atoms with Gasteiger partial charge in [-0.3, -0.25) is 0 Å². The van der Waals surface area contributed by atoms with Crippen LogP contribution in [0.5, 0.6) is 0 Å². The summed E-state index contributed by atoms with van der Waals surface area (Å²) >= 11 is 1.83. The average molecular weight is 225 g/mol. The minimum Gasteiger partial charge on any atom is -0.378 e. The van der Waals surface area contributed by atoms with Crippen molar-refractivity contribution in [2.45, 2.75) is 38.3 Å². The first-order chi connectivity index (χ1) is 7.31. The highest BCUT2D eigenvalue weighted by molar-refractivity contribution is 7.10. The number of thiophene rings is 1. The molecule has 0 amide bonds. The van der Waals surface area contributed by atoms with Crippen LogP contribution in [0, 0.1) is 6.92 Å². The predicted octanol–water partition coefficient (Wildman–Crippen LogP) is 2.89. The summed E-state index contributed by atoms with van der Waals surface area (Å²) in [7, 11) is 2.04. The quantitative estimate of drug-likeness (QED) is 0.850. The van der Waals surface area contributed by atoms with E-state index in [0.29, 0.717) is 12.1 Å². The van der Waals surface area contributed by atoms with Gasteiger partial charge in [0, 0.05) is 17.5 Å². The Hall–Kier alpha value is -0.380. The topological polar surface area (TPSA) is 21.3 Å². The molecule has 2 nitrogen and oxygen atoms in total. The van der Waals surface area contributed by atoms with Crippen LogP contribution in [0.2, 0.25) is 0 Å². The Morgan fingerprint density at radius 1 is 1.67 bits per heavy atom. The molecule has 0 spiro atoms. The number of nitrogens with one attached hydrogen (secondary N) is 1. The fourth-order valence-electron chi connectivity index (χ4n) is 2.25. The molecule has 1 saturated heterocycles. The normalized spacial score (nSPS) is 23.2. The third kappa shape index (κ3) is 2.60. The largest absolute Gasteiger partial charge is 0.378 e. The molecule has 1 aliphatic heterocycles. The van der Waals surface area contributed by atoms with Crippen LogP contribution in [0.25, 0.3) is 0 Å². The van der Waals surface area contributed by atoms with Gasteiger partial charge in [-0.25, -0.2) is 0 Å². The highest BCUT2D eigenvalue weighted by atomic mass is 32.1. The number of hydrogen-bond acceptors (Lipinski definition) is 3. The van der Waals surface area contributed by atoms with Crippen LogP contribution in [-0.2, 0) is 4.74 Å². The Bertz CT molecular complexity index is 304. The number of hydrogen-bond donors (Lipinski definition) is 1. The zero-order valence-electron chi connectivity index (χ0n) is 9.45. The molecule has 2 unspecified atom stereocenters. The van der Waals surface area contributed by atoms with Gasteiger partial charge >= 0.3 is 0 Å². The van der Waals surface area contributed by atoms with Gasteiger partial charge in [-0.15, -0.1) is 11.3 Å². The summed E-state index contributed by atoms with van der Waals surface area (Å²) in [6.07, 6.45) is 4.01. The van der Waals surface area contributed by atoms with E-state index >= 15 is 0 Å². The Balaban J connectivity index is 2.00. The van der Waals surface area contributed by atoms with Gasteiger partial charge in [0.05, 0.1) is 6.10 Å². The Morgan fingerprint density at radius 3 is 3.07 bits per heavy atom. The second-order valence-corrected chi connectivity index (χ2v) is 5.26. The first-order valence-electron chi connectivity index (χ1n) is 5.64. The van der Waals surface area contributed by atoms with Crippen LogP contribution < -0.4 is 5.32 Å². The smallest absolute Gasteiger partial charge is 0.0594 e. The molecule has 2 atom stereocenters. The fourth-order valence-corrected chi connectivity index (χ4v) is 3.01. The minimum atomic E-state index is 0.458. The first-order valence-corrected chi connectivity index (χ1v) is 6.52. The Labute approximate surface area is 95.6 Å². The van der Waals surface area contributed by atoms with Gasteiger partial charge in [0.25, 0.3) is 0 Å². The summed E-state index contributed by atoms with van der Waals surface area (Å²) in [4.78, 5) is 1.42. The molecular weight excluding hydrogens is 206 g/mol. The molecule has 3 heteroatoms. The third-order valence-electron chi connectivity index (χ3n) is 3.15. The molecule has 2 rings (SSSR count).